The van der Waals surface area contributed by atoms with E-state index in [9.17, 15) is 0 Å². The van der Waals surface area contributed by atoms with Gasteiger partial charge in [-0.15, -0.1) is 0 Å². The van der Waals surface area contributed by atoms with Crippen LogP contribution in [0.25, 0.3) is 0 Å². The zero-order valence-corrected chi connectivity index (χ0v) is 6.15. The fourth-order valence-corrected chi connectivity index (χ4v) is 1.42. The number of halogens is 1. The highest BCUT2D eigenvalue weighted by molar-refractivity contribution is 6.31. The lowest BCUT2D eigenvalue weighted by Gasteiger charge is -1.96. The molecule has 1 aliphatic rings. The Hall–Kier alpha value is -0.600. The van der Waals surface area contributed by atoms with Gasteiger partial charge in [0, 0.05) is 25.5 Å². The molecule has 1 aliphatic heterocycles. The molecule has 0 bridgehead atoms. The lowest BCUT2D eigenvalue weighted by molar-refractivity contribution is 0.764. The predicted molar refractivity (Wildman–Crippen MR) is 39.8 cm³/mol. The van der Waals surface area contributed by atoms with Crippen molar-refractivity contribution in [2.75, 3.05) is 0 Å². The molecule has 0 spiro atoms. The van der Waals surface area contributed by atoms with E-state index in [0.29, 0.717) is 0 Å². The standard InChI is InChI=1S/C7H7ClN2/c8-7-4-10-2-5-1-9-3-6(5)7/h2,4,9H,1,3H2. The fourth-order valence-electron chi connectivity index (χ4n) is 1.17. The largest absolute Gasteiger partial charge is 0.308 e. The Bertz CT molecular complexity index is 260. The Kier molecular flexibility index (Phi) is 1.36. The maximum absolute atomic E-state index is 5.87. The first-order valence-electron chi connectivity index (χ1n) is 3.20. The molecule has 0 saturated carbocycles. The SMILES string of the molecule is Clc1cncc2c1CNC2. The second-order valence-corrected chi connectivity index (χ2v) is 2.77. The van der Waals surface area contributed by atoms with Gasteiger partial charge in [-0.25, -0.2) is 0 Å². The Morgan fingerprint density at radius 3 is 3.10 bits per heavy atom. The molecule has 2 rings (SSSR count). The lowest BCUT2D eigenvalue weighted by Crippen LogP contribution is -2.00. The molecule has 0 amide bonds. The Balaban J connectivity index is 2.59. The van der Waals surface area contributed by atoms with Crippen LogP contribution < -0.4 is 5.32 Å². The highest BCUT2D eigenvalue weighted by atomic mass is 35.5. The van der Waals surface area contributed by atoms with E-state index in [-0.39, 0.29) is 0 Å². The van der Waals surface area contributed by atoms with Crippen LogP contribution in [0.2, 0.25) is 5.02 Å². The topological polar surface area (TPSA) is 24.9 Å². The van der Waals surface area contributed by atoms with E-state index in [2.05, 4.69) is 10.3 Å². The molecule has 0 fully saturated rings. The molecular formula is C7H7ClN2. The molecule has 10 heavy (non-hydrogen) atoms. The first-order valence-corrected chi connectivity index (χ1v) is 3.57. The van der Waals surface area contributed by atoms with E-state index in [1.807, 2.05) is 6.20 Å². The van der Waals surface area contributed by atoms with Crippen LogP contribution in [-0.4, -0.2) is 4.98 Å². The van der Waals surface area contributed by atoms with Gasteiger partial charge >= 0.3 is 0 Å². The van der Waals surface area contributed by atoms with Crippen molar-refractivity contribution in [3.05, 3.63) is 28.5 Å². The second kappa shape index (κ2) is 2.22. The monoisotopic (exact) mass is 154 g/mol. The van der Waals surface area contributed by atoms with E-state index >= 15 is 0 Å². The molecule has 3 heteroatoms. The number of nitrogens with one attached hydrogen (secondary N) is 1. The number of hydrogen-bond donors (Lipinski definition) is 1. The zero-order valence-electron chi connectivity index (χ0n) is 5.39. The minimum Gasteiger partial charge on any atom is -0.308 e. The molecule has 1 N–H and O–H groups in total. The average Bonchev–Trinajstić information content (AvgIpc) is 2.36. The van der Waals surface area contributed by atoms with Crippen molar-refractivity contribution in [3.63, 3.8) is 0 Å². The van der Waals surface area contributed by atoms with Crippen molar-refractivity contribution < 1.29 is 0 Å². The van der Waals surface area contributed by atoms with Gasteiger partial charge in [0.05, 0.1) is 5.02 Å². The van der Waals surface area contributed by atoms with Crippen LogP contribution in [0.5, 0.6) is 0 Å². The predicted octanol–water partition coefficient (Wildman–Crippen LogP) is 1.34. The summed E-state index contributed by atoms with van der Waals surface area (Å²) in [6.07, 6.45) is 3.55. The second-order valence-electron chi connectivity index (χ2n) is 2.36. The van der Waals surface area contributed by atoms with Crippen molar-refractivity contribution >= 4 is 11.6 Å². The van der Waals surface area contributed by atoms with E-state index in [0.717, 1.165) is 18.1 Å². The van der Waals surface area contributed by atoms with Gasteiger partial charge in [0.2, 0.25) is 0 Å². The van der Waals surface area contributed by atoms with Crippen LogP contribution >= 0.6 is 11.6 Å². The third kappa shape index (κ3) is 0.805. The number of aromatic nitrogens is 1. The van der Waals surface area contributed by atoms with E-state index in [4.69, 9.17) is 11.6 Å². The van der Waals surface area contributed by atoms with Crippen molar-refractivity contribution in [1.82, 2.24) is 10.3 Å². The molecule has 0 radical (unpaired) electrons. The molecule has 2 nitrogen and oxygen atoms in total. The van der Waals surface area contributed by atoms with Gasteiger partial charge in [-0.3, -0.25) is 4.98 Å². The number of fused-ring (bicyclic) bond motifs is 1. The molecule has 1 aromatic heterocycles. The highest BCUT2D eigenvalue weighted by Crippen LogP contribution is 2.21. The quantitative estimate of drug-likeness (QED) is 0.610. The van der Waals surface area contributed by atoms with Crippen molar-refractivity contribution in [2.45, 2.75) is 13.1 Å². The first-order chi connectivity index (χ1) is 4.88. The van der Waals surface area contributed by atoms with Crippen LogP contribution in [0, 0.1) is 0 Å². The minimum atomic E-state index is 0.780. The molecule has 52 valence electrons. The maximum Gasteiger partial charge on any atom is 0.0637 e. The van der Waals surface area contributed by atoms with Crippen molar-refractivity contribution in [3.8, 4) is 0 Å². The van der Waals surface area contributed by atoms with Gasteiger partial charge < -0.3 is 5.32 Å². The number of pyridine rings is 1. The van der Waals surface area contributed by atoms with Crippen LogP contribution in [0.4, 0.5) is 0 Å². The first kappa shape index (κ1) is 6.13. The van der Waals surface area contributed by atoms with Crippen LogP contribution in [0.15, 0.2) is 12.4 Å². The molecule has 0 atom stereocenters. The maximum atomic E-state index is 5.87. The van der Waals surface area contributed by atoms with E-state index in [1.165, 1.54) is 11.1 Å². The summed E-state index contributed by atoms with van der Waals surface area (Å²) in [5.41, 5.74) is 2.43. The summed E-state index contributed by atoms with van der Waals surface area (Å²) in [6, 6.07) is 0. The highest BCUT2D eigenvalue weighted by Gasteiger charge is 2.12. The van der Waals surface area contributed by atoms with Crippen LogP contribution in [0.3, 0.4) is 0 Å². The van der Waals surface area contributed by atoms with Crippen LogP contribution in [-0.2, 0) is 13.1 Å². The van der Waals surface area contributed by atoms with Gasteiger partial charge in [-0.1, -0.05) is 11.6 Å². The molecule has 0 aromatic carbocycles. The zero-order chi connectivity index (χ0) is 6.97. The molecule has 0 unspecified atom stereocenters. The number of rotatable bonds is 0. The summed E-state index contributed by atoms with van der Waals surface area (Å²) in [5.74, 6) is 0. The summed E-state index contributed by atoms with van der Waals surface area (Å²) >= 11 is 5.87. The third-order valence-corrected chi connectivity index (χ3v) is 2.04. The Morgan fingerprint density at radius 2 is 2.30 bits per heavy atom. The summed E-state index contributed by atoms with van der Waals surface area (Å²) in [4.78, 5) is 3.98. The van der Waals surface area contributed by atoms with Crippen molar-refractivity contribution in [2.24, 2.45) is 0 Å². The van der Waals surface area contributed by atoms with Gasteiger partial charge in [-0.2, -0.15) is 0 Å². The molecule has 0 saturated heterocycles. The van der Waals surface area contributed by atoms with E-state index in [1.54, 1.807) is 6.20 Å². The fraction of sp³-hybridized carbons (Fsp3) is 0.286. The molecule has 0 aliphatic carbocycles. The van der Waals surface area contributed by atoms with Crippen molar-refractivity contribution in [1.29, 1.82) is 0 Å². The average molecular weight is 155 g/mol. The van der Waals surface area contributed by atoms with Gasteiger partial charge in [0.15, 0.2) is 0 Å². The van der Waals surface area contributed by atoms with E-state index < -0.39 is 0 Å². The summed E-state index contributed by atoms with van der Waals surface area (Å²) in [6.45, 7) is 1.79. The summed E-state index contributed by atoms with van der Waals surface area (Å²) in [5, 5.41) is 3.98. The van der Waals surface area contributed by atoms with Gasteiger partial charge in [-0.05, 0) is 11.1 Å². The Morgan fingerprint density at radius 1 is 1.40 bits per heavy atom. The van der Waals surface area contributed by atoms with Crippen LogP contribution in [0.1, 0.15) is 11.1 Å². The lowest BCUT2D eigenvalue weighted by atomic mass is 10.2. The normalized spacial score (nSPS) is 15.3. The molecular weight excluding hydrogens is 148 g/mol. The smallest absolute Gasteiger partial charge is 0.0637 e. The molecule has 1 aromatic rings. The number of nitrogens with zero attached hydrogens (tertiary/aromatic N) is 1. The summed E-state index contributed by atoms with van der Waals surface area (Å²) < 4.78 is 0. The third-order valence-electron chi connectivity index (χ3n) is 1.71. The van der Waals surface area contributed by atoms with Gasteiger partial charge in [0.1, 0.15) is 0 Å². The summed E-state index contributed by atoms with van der Waals surface area (Å²) in [7, 11) is 0. The molecule has 2 heterocycles. The minimum absolute atomic E-state index is 0.780. The van der Waals surface area contributed by atoms with Gasteiger partial charge in [0.25, 0.3) is 0 Å². The Labute approximate surface area is 64.2 Å². The number of hydrogen-bond acceptors (Lipinski definition) is 2.